The minimum atomic E-state index is -3.58. The number of nitrogens with one attached hydrogen (secondary N) is 1. The van der Waals surface area contributed by atoms with Crippen molar-refractivity contribution in [1.82, 2.24) is 4.72 Å². The Kier molecular flexibility index (Phi) is 5.89. The molecule has 0 aromatic heterocycles. The zero-order chi connectivity index (χ0) is 11.9. The molecule has 0 aromatic carbocycles. The van der Waals surface area contributed by atoms with Gasteiger partial charge in [-0.05, 0) is 13.8 Å². The number of esters is 1. The Morgan fingerprint density at radius 3 is 2.67 bits per heavy atom. The lowest BCUT2D eigenvalue weighted by Gasteiger charge is -2.07. The minimum Gasteiger partial charge on any atom is -0.466 e. The van der Waals surface area contributed by atoms with E-state index in [2.05, 4.69) is 9.46 Å². The smallest absolute Gasteiger partial charge is 0.306 e. The van der Waals surface area contributed by atoms with Crippen molar-refractivity contribution in [1.29, 1.82) is 5.26 Å². The fraction of sp³-hybridized carbons (Fsp3) is 0.750. The van der Waals surface area contributed by atoms with Gasteiger partial charge in [-0.25, -0.2) is 8.42 Å². The summed E-state index contributed by atoms with van der Waals surface area (Å²) in [6, 6.07) is 0.933. The van der Waals surface area contributed by atoms with Gasteiger partial charge in [0.15, 0.2) is 0 Å². The van der Waals surface area contributed by atoms with E-state index < -0.39 is 22.0 Å². The molecule has 0 heterocycles. The fourth-order valence-corrected chi connectivity index (χ4v) is 1.95. The SMILES string of the molecule is CCOC(=O)CCS(=O)(=O)NC(C)C#N. The summed E-state index contributed by atoms with van der Waals surface area (Å²) in [5, 5.41) is 8.39. The van der Waals surface area contributed by atoms with Gasteiger partial charge < -0.3 is 4.74 Å². The number of nitrogens with zero attached hydrogens (tertiary/aromatic N) is 1. The molecule has 6 nitrogen and oxygen atoms in total. The summed E-state index contributed by atoms with van der Waals surface area (Å²) in [7, 11) is -3.58. The summed E-state index contributed by atoms with van der Waals surface area (Å²) < 4.78 is 29.2. The van der Waals surface area contributed by atoms with Gasteiger partial charge >= 0.3 is 5.97 Å². The standard InChI is InChI=1S/C8H14N2O4S/c1-3-14-8(11)4-5-15(12,13)10-7(2)6-9/h7,10H,3-5H2,1-2H3. The van der Waals surface area contributed by atoms with E-state index in [1.165, 1.54) is 6.92 Å². The normalized spacial score (nSPS) is 12.9. The van der Waals surface area contributed by atoms with Crippen LogP contribution in [0.3, 0.4) is 0 Å². The van der Waals surface area contributed by atoms with Crippen molar-refractivity contribution < 1.29 is 17.9 Å². The van der Waals surface area contributed by atoms with Crippen molar-refractivity contribution >= 4 is 16.0 Å². The predicted octanol–water partition coefficient (Wildman–Crippen LogP) is -0.229. The predicted molar refractivity (Wildman–Crippen MR) is 53.2 cm³/mol. The number of hydrogen-bond acceptors (Lipinski definition) is 5. The van der Waals surface area contributed by atoms with Gasteiger partial charge in [0, 0.05) is 0 Å². The average Bonchev–Trinajstić information content (AvgIpc) is 2.15. The molecule has 1 atom stereocenters. The van der Waals surface area contributed by atoms with Gasteiger partial charge in [0.05, 0.1) is 24.8 Å². The first-order valence-corrected chi connectivity index (χ1v) is 6.11. The molecule has 0 saturated heterocycles. The zero-order valence-electron chi connectivity index (χ0n) is 8.69. The maximum atomic E-state index is 11.2. The third-order valence-electron chi connectivity index (χ3n) is 1.43. The van der Waals surface area contributed by atoms with Crippen LogP contribution in [0.5, 0.6) is 0 Å². The Morgan fingerprint density at radius 1 is 1.60 bits per heavy atom. The number of carbonyl (C=O) groups is 1. The van der Waals surface area contributed by atoms with Crippen LogP contribution in [0.1, 0.15) is 20.3 Å². The van der Waals surface area contributed by atoms with Crippen molar-refractivity contribution in [3.8, 4) is 6.07 Å². The molecule has 1 N–H and O–H groups in total. The fourth-order valence-electron chi connectivity index (χ4n) is 0.805. The van der Waals surface area contributed by atoms with E-state index in [9.17, 15) is 13.2 Å². The first kappa shape index (κ1) is 13.9. The molecule has 0 aliphatic carbocycles. The van der Waals surface area contributed by atoms with E-state index in [-0.39, 0.29) is 18.8 Å². The van der Waals surface area contributed by atoms with E-state index in [1.54, 1.807) is 13.0 Å². The van der Waals surface area contributed by atoms with Crippen molar-refractivity contribution in [2.75, 3.05) is 12.4 Å². The lowest BCUT2D eigenvalue weighted by atomic mass is 10.4. The minimum absolute atomic E-state index is 0.207. The summed E-state index contributed by atoms with van der Waals surface area (Å²) in [6.07, 6.45) is -0.207. The van der Waals surface area contributed by atoms with Crippen LogP contribution in [-0.4, -0.2) is 32.8 Å². The Labute approximate surface area is 89.3 Å². The number of nitriles is 1. The topological polar surface area (TPSA) is 96.3 Å². The third-order valence-corrected chi connectivity index (χ3v) is 2.88. The Morgan fingerprint density at radius 2 is 2.20 bits per heavy atom. The van der Waals surface area contributed by atoms with Crippen LogP contribution >= 0.6 is 0 Å². The number of ether oxygens (including phenoxy) is 1. The molecule has 0 aliphatic heterocycles. The summed E-state index contributed by atoms with van der Waals surface area (Å²) >= 11 is 0. The molecule has 0 radical (unpaired) electrons. The average molecular weight is 234 g/mol. The van der Waals surface area contributed by atoms with Gasteiger partial charge in [-0.2, -0.15) is 9.98 Å². The van der Waals surface area contributed by atoms with Gasteiger partial charge in [-0.15, -0.1) is 0 Å². The van der Waals surface area contributed by atoms with Crippen LogP contribution in [0.25, 0.3) is 0 Å². The lowest BCUT2D eigenvalue weighted by Crippen LogP contribution is -2.34. The molecule has 0 aromatic rings. The van der Waals surface area contributed by atoms with Gasteiger partial charge in [-0.1, -0.05) is 0 Å². The maximum Gasteiger partial charge on any atom is 0.306 e. The molecule has 0 spiro atoms. The highest BCUT2D eigenvalue weighted by atomic mass is 32.2. The van der Waals surface area contributed by atoms with E-state index >= 15 is 0 Å². The molecular weight excluding hydrogens is 220 g/mol. The van der Waals surface area contributed by atoms with E-state index in [0.717, 1.165) is 0 Å². The highest BCUT2D eigenvalue weighted by Crippen LogP contribution is 1.94. The van der Waals surface area contributed by atoms with Crippen LogP contribution in [0, 0.1) is 11.3 Å². The van der Waals surface area contributed by atoms with E-state index in [4.69, 9.17) is 5.26 Å². The monoisotopic (exact) mass is 234 g/mol. The third kappa shape index (κ3) is 6.88. The molecule has 0 saturated carbocycles. The summed E-state index contributed by atoms with van der Waals surface area (Å²) in [6.45, 7) is 3.28. The highest BCUT2D eigenvalue weighted by Gasteiger charge is 2.16. The molecule has 86 valence electrons. The van der Waals surface area contributed by atoms with Gasteiger partial charge in [0.25, 0.3) is 0 Å². The van der Waals surface area contributed by atoms with Crippen molar-refractivity contribution in [3.63, 3.8) is 0 Å². The second-order valence-electron chi connectivity index (χ2n) is 2.84. The number of rotatable bonds is 6. The Hall–Kier alpha value is -1.13. The molecule has 15 heavy (non-hydrogen) atoms. The molecule has 0 fully saturated rings. The molecule has 0 amide bonds. The molecule has 1 unspecified atom stereocenters. The van der Waals surface area contributed by atoms with E-state index in [1.807, 2.05) is 0 Å². The second-order valence-corrected chi connectivity index (χ2v) is 4.72. The molecule has 0 bridgehead atoms. The second kappa shape index (κ2) is 6.37. The van der Waals surface area contributed by atoms with Crippen LogP contribution in [0.4, 0.5) is 0 Å². The first-order chi connectivity index (χ1) is 6.91. The zero-order valence-corrected chi connectivity index (χ0v) is 9.50. The van der Waals surface area contributed by atoms with Crippen molar-refractivity contribution in [2.24, 2.45) is 0 Å². The summed E-state index contributed by atoms with van der Waals surface area (Å²) in [5.74, 6) is -0.926. The van der Waals surface area contributed by atoms with Crippen molar-refractivity contribution in [3.05, 3.63) is 0 Å². The van der Waals surface area contributed by atoms with E-state index in [0.29, 0.717) is 0 Å². The van der Waals surface area contributed by atoms with Crippen molar-refractivity contribution in [2.45, 2.75) is 26.3 Å². The lowest BCUT2D eigenvalue weighted by molar-refractivity contribution is -0.142. The maximum absolute atomic E-state index is 11.2. The van der Waals surface area contributed by atoms with Crippen LogP contribution in [0.15, 0.2) is 0 Å². The molecule has 7 heteroatoms. The summed E-state index contributed by atoms with van der Waals surface area (Å²) in [4.78, 5) is 10.9. The number of hydrogen-bond donors (Lipinski definition) is 1. The van der Waals surface area contributed by atoms with Crippen LogP contribution in [0.2, 0.25) is 0 Å². The molecule has 0 rings (SSSR count). The Balaban J connectivity index is 4.06. The van der Waals surface area contributed by atoms with Gasteiger partial charge in [0.2, 0.25) is 10.0 Å². The summed E-state index contributed by atoms with van der Waals surface area (Å²) in [5.41, 5.74) is 0. The largest absolute Gasteiger partial charge is 0.466 e. The van der Waals surface area contributed by atoms with Crippen LogP contribution in [-0.2, 0) is 19.6 Å². The number of sulfonamides is 1. The van der Waals surface area contributed by atoms with Crippen LogP contribution < -0.4 is 4.72 Å². The highest BCUT2D eigenvalue weighted by molar-refractivity contribution is 7.89. The first-order valence-electron chi connectivity index (χ1n) is 4.46. The van der Waals surface area contributed by atoms with Gasteiger partial charge in [-0.3, -0.25) is 4.79 Å². The number of carbonyl (C=O) groups excluding carboxylic acids is 1. The quantitative estimate of drug-likeness (QED) is 0.640. The Bertz CT molecular complexity index is 344. The molecular formula is C8H14N2O4S. The van der Waals surface area contributed by atoms with Gasteiger partial charge in [0.1, 0.15) is 6.04 Å². The molecule has 0 aliphatic rings.